The van der Waals surface area contributed by atoms with Gasteiger partial charge in [0.05, 0.1) is 7.11 Å². The fraction of sp³-hybridized carbons (Fsp3) is 0.769. The van der Waals surface area contributed by atoms with E-state index in [1.165, 1.54) is 16.9 Å². The Morgan fingerprint density at radius 1 is 1.20 bits per heavy atom. The van der Waals surface area contributed by atoms with Gasteiger partial charge in [-0.15, -0.1) is 0 Å². The van der Waals surface area contributed by atoms with Crippen LogP contribution in [0.5, 0.6) is 0 Å². The minimum absolute atomic E-state index is 0.149. The number of urea groups is 1. The second kappa shape index (κ2) is 7.72. The quantitative estimate of drug-likeness (QED) is 0.666. The number of nitrogens with zero attached hydrogens (tertiary/aromatic N) is 2. The lowest BCUT2D eigenvalue weighted by molar-refractivity contribution is -0.141. The molecule has 0 atom stereocenters. The summed E-state index contributed by atoms with van der Waals surface area (Å²) >= 11 is 0. The Kier molecular flexibility index (Phi) is 6.27. The van der Waals surface area contributed by atoms with E-state index >= 15 is 0 Å². The van der Waals surface area contributed by atoms with Crippen molar-refractivity contribution in [2.45, 2.75) is 26.2 Å². The van der Waals surface area contributed by atoms with Crippen LogP contribution in [0.15, 0.2) is 0 Å². The zero-order valence-electron chi connectivity index (χ0n) is 12.0. The Bertz CT molecular complexity index is 368. The van der Waals surface area contributed by atoms with E-state index in [2.05, 4.69) is 4.74 Å². The summed E-state index contributed by atoms with van der Waals surface area (Å²) < 4.78 is 4.56. The first-order chi connectivity index (χ1) is 9.47. The van der Waals surface area contributed by atoms with Crippen LogP contribution in [-0.2, 0) is 14.3 Å². The summed E-state index contributed by atoms with van der Waals surface area (Å²) in [4.78, 5) is 37.2. The molecule has 0 spiro atoms. The molecular weight excluding hydrogens is 264 g/mol. The fourth-order valence-electron chi connectivity index (χ4n) is 1.92. The van der Waals surface area contributed by atoms with Gasteiger partial charge in [-0.25, -0.2) is 4.79 Å². The first kappa shape index (κ1) is 16.3. The molecule has 0 radical (unpaired) electrons. The van der Waals surface area contributed by atoms with Crippen LogP contribution in [0.2, 0.25) is 0 Å². The minimum atomic E-state index is -1.05. The van der Waals surface area contributed by atoms with Crippen LogP contribution in [0.3, 0.4) is 0 Å². The SMILES string of the molecule is CCCN(CC(=O)OC)C(=O)N(CC(=O)O)CC1CC1. The number of carboxylic acids is 1. The molecule has 0 aromatic rings. The van der Waals surface area contributed by atoms with Crippen molar-refractivity contribution < 1.29 is 24.2 Å². The summed E-state index contributed by atoms with van der Waals surface area (Å²) in [5, 5.41) is 8.90. The van der Waals surface area contributed by atoms with Crippen molar-refractivity contribution >= 4 is 18.0 Å². The Hall–Kier alpha value is -1.79. The van der Waals surface area contributed by atoms with Gasteiger partial charge in [-0.2, -0.15) is 0 Å². The number of carbonyl (C=O) groups is 3. The number of amides is 2. The number of carboxylic acid groups (broad SMARTS) is 1. The average Bonchev–Trinajstić information content (AvgIpc) is 3.19. The van der Waals surface area contributed by atoms with Crippen LogP contribution >= 0.6 is 0 Å². The van der Waals surface area contributed by atoms with Crippen LogP contribution in [0.4, 0.5) is 4.79 Å². The molecule has 0 unspecified atom stereocenters. The third kappa shape index (κ3) is 5.46. The van der Waals surface area contributed by atoms with E-state index in [0.29, 0.717) is 25.4 Å². The summed E-state index contributed by atoms with van der Waals surface area (Å²) in [6, 6.07) is -0.411. The molecule has 0 bridgehead atoms. The van der Waals surface area contributed by atoms with Gasteiger partial charge in [-0.3, -0.25) is 9.59 Å². The molecule has 1 fully saturated rings. The summed E-state index contributed by atoms with van der Waals surface area (Å²) in [5.41, 5.74) is 0. The van der Waals surface area contributed by atoms with Crippen LogP contribution in [0.25, 0.3) is 0 Å². The normalized spacial score (nSPS) is 13.7. The maximum atomic E-state index is 12.4. The topological polar surface area (TPSA) is 87.2 Å². The van der Waals surface area contributed by atoms with Gasteiger partial charge in [0.1, 0.15) is 13.1 Å². The van der Waals surface area contributed by atoms with Crippen LogP contribution in [0.1, 0.15) is 26.2 Å². The van der Waals surface area contributed by atoms with E-state index in [1.54, 1.807) is 0 Å². The molecule has 7 heteroatoms. The lowest BCUT2D eigenvalue weighted by Gasteiger charge is -2.29. The first-order valence-corrected chi connectivity index (χ1v) is 6.80. The number of carbonyl (C=O) groups excluding carboxylic acids is 2. The van der Waals surface area contributed by atoms with Gasteiger partial charge in [0.2, 0.25) is 0 Å². The zero-order chi connectivity index (χ0) is 15.1. The standard InChI is InChI=1S/C13H22N2O5/c1-3-6-14(9-12(18)20-2)13(19)15(8-11(16)17)7-10-4-5-10/h10H,3-9H2,1-2H3,(H,16,17). The second-order valence-electron chi connectivity index (χ2n) is 5.00. The number of aliphatic carboxylic acids is 1. The van der Waals surface area contributed by atoms with Crippen molar-refractivity contribution in [2.24, 2.45) is 5.92 Å². The predicted molar refractivity (Wildman–Crippen MR) is 71.2 cm³/mol. The molecule has 1 aliphatic carbocycles. The highest BCUT2D eigenvalue weighted by Gasteiger charge is 2.30. The molecule has 1 rings (SSSR count). The van der Waals surface area contributed by atoms with Crippen molar-refractivity contribution in [3.63, 3.8) is 0 Å². The number of esters is 1. The average molecular weight is 286 g/mol. The van der Waals surface area contributed by atoms with Gasteiger partial charge >= 0.3 is 18.0 Å². The first-order valence-electron chi connectivity index (χ1n) is 6.80. The van der Waals surface area contributed by atoms with Crippen molar-refractivity contribution in [1.29, 1.82) is 0 Å². The van der Waals surface area contributed by atoms with Crippen molar-refractivity contribution in [1.82, 2.24) is 9.80 Å². The number of rotatable bonds is 8. The molecule has 20 heavy (non-hydrogen) atoms. The fourth-order valence-corrected chi connectivity index (χ4v) is 1.92. The van der Waals surface area contributed by atoms with Gasteiger partial charge in [0.25, 0.3) is 0 Å². The predicted octanol–water partition coefficient (Wildman–Crippen LogP) is 0.788. The highest BCUT2D eigenvalue weighted by Crippen LogP contribution is 2.30. The lowest BCUT2D eigenvalue weighted by Crippen LogP contribution is -2.48. The van der Waals surface area contributed by atoms with Crippen LogP contribution in [-0.4, -0.2) is 66.2 Å². The van der Waals surface area contributed by atoms with Crippen LogP contribution in [0, 0.1) is 5.92 Å². The minimum Gasteiger partial charge on any atom is -0.480 e. The Labute approximate surface area is 118 Å². The van der Waals surface area contributed by atoms with Crippen molar-refractivity contribution in [3.8, 4) is 0 Å². The third-order valence-corrected chi connectivity index (χ3v) is 3.08. The van der Waals surface area contributed by atoms with Gasteiger partial charge in [0, 0.05) is 13.1 Å². The highest BCUT2D eigenvalue weighted by atomic mass is 16.5. The summed E-state index contributed by atoms with van der Waals surface area (Å²) in [5.74, 6) is -1.16. The Morgan fingerprint density at radius 3 is 2.30 bits per heavy atom. The third-order valence-electron chi connectivity index (χ3n) is 3.08. The zero-order valence-corrected chi connectivity index (χ0v) is 12.0. The molecule has 0 aromatic heterocycles. The molecule has 0 aromatic carbocycles. The summed E-state index contributed by atoms with van der Waals surface area (Å²) in [7, 11) is 1.26. The van der Waals surface area contributed by atoms with E-state index in [4.69, 9.17) is 5.11 Å². The van der Waals surface area contributed by atoms with Crippen molar-refractivity contribution in [2.75, 3.05) is 33.3 Å². The van der Waals surface area contributed by atoms with E-state index < -0.39 is 18.0 Å². The lowest BCUT2D eigenvalue weighted by atomic mass is 10.3. The summed E-state index contributed by atoms with van der Waals surface area (Å²) in [6.45, 7) is 2.24. The van der Waals surface area contributed by atoms with E-state index in [-0.39, 0.29) is 13.1 Å². The van der Waals surface area contributed by atoms with E-state index in [0.717, 1.165) is 12.8 Å². The van der Waals surface area contributed by atoms with Crippen LogP contribution < -0.4 is 0 Å². The maximum absolute atomic E-state index is 12.4. The van der Waals surface area contributed by atoms with E-state index in [9.17, 15) is 14.4 Å². The largest absolute Gasteiger partial charge is 0.480 e. The van der Waals surface area contributed by atoms with Gasteiger partial charge < -0.3 is 19.6 Å². The monoisotopic (exact) mass is 286 g/mol. The smallest absolute Gasteiger partial charge is 0.325 e. The van der Waals surface area contributed by atoms with Gasteiger partial charge in [-0.1, -0.05) is 6.92 Å². The summed E-state index contributed by atoms with van der Waals surface area (Å²) in [6.07, 6.45) is 2.73. The molecule has 0 heterocycles. The molecule has 0 aliphatic heterocycles. The molecule has 1 N–H and O–H groups in total. The van der Waals surface area contributed by atoms with Gasteiger partial charge in [0.15, 0.2) is 0 Å². The highest BCUT2D eigenvalue weighted by molar-refractivity contribution is 5.83. The molecule has 1 aliphatic rings. The Morgan fingerprint density at radius 2 is 1.85 bits per heavy atom. The number of ether oxygens (including phenoxy) is 1. The molecular formula is C13H22N2O5. The number of methoxy groups -OCH3 is 1. The molecule has 1 saturated carbocycles. The van der Waals surface area contributed by atoms with Crippen molar-refractivity contribution in [3.05, 3.63) is 0 Å². The molecule has 2 amide bonds. The molecule has 114 valence electrons. The van der Waals surface area contributed by atoms with Gasteiger partial charge in [-0.05, 0) is 25.2 Å². The number of hydrogen-bond acceptors (Lipinski definition) is 4. The second-order valence-corrected chi connectivity index (χ2v) is 5.00. The number of hydrogen-bond donors (Lipinski definition) is 1. The molecule has 0 saturated heterocycles. The maximum Gasteiger partial charge on any atom is 0.325 e. The molecule has 7 nitrogen and oxygen atoms in total. The Balaban J connectivity index is 2.69. The van der Waals surface area contributed by atoms with E-state index in [1.807, 2.05) is 6.92 Å².